The van der Waals surface area contributed by atoms with Crippen molar-refractivity contribution in [2.75, 3.05) is 12.3 Å². The van der Waals surface area contributed by atoms with Crippen molar-refractivity contribution in [3.63, 3.8) is 0 Å². The Labute approximate surface area is 197 Å². The van der Waals surface area contributed by atoms with E-state index in [0.29, 0.717) is 24.2 Å². The minimum Gasteiger partial charge on any atom is -0.485 e. The second kappa shape index (κ2) is 11.1. The summed E-state index contributed by atoms with van der Waals surface area (Å²) in [5.74, 6) is 6.68. The van der Waals surface area contributed by atoms with Gasteiger partial charge in [0.1, 0.15) is 12.2 Å². The molecule has 1 aromatic carbocycles. The van der Waals surface area contributed by atoms with Crippen LogP contribution in [-0.2, 0) is 6.61 Å². The summed E-state index contributed by atoms with van der Waals surface area (Å²) in [4.78, 5) is 8.98. The lowest BCUT2D eigenvalue weighted by Gasteiger charge is -2.23. The molecule has 2 aromatic rings. The Morgan fingerprint density at radius 3 is 2.88 bits per heavy atom. The number of piperidine rings is 1. The van der Waals surface area contributed by atoms with Crippen LogP contribution in [-0.4, -0.2) is 34.0 Å². The van der Waals surface area contributed by atoms with Crippen LogP contribution in [0.3, 0.4) is 0 Å². The average Bonchev–Trinajstić information content (AvgIpc) is 2.81. The van der Waals surface area contributed by atoms with E-state index < -0.39 is 5.60 Å². The predicted octanol–water partition coefficient (Wildman–Crippen LogP) is 4.33. The fourth-order valence-corrected chi connectivity index (χ4v) is 3.48. The van der Waals surface area contributed by atoms with E-state index in [1.807, 2.05) is 43.5 Å². The number of pyridine rings is 1. The molecule has 0 aliphatic carbocycles. The van der Waals surface area contributed by atoms with Gasteiger partial charge in [0.2, 0.25) is 0 Å². The minimum atomic E-state index is -1.03. The molecule has 0 saturated carbocycles. The molecule has 1 atom stereocenters. The summed E-state index contributed by atoms with van der Waals surface area (Å²) in [6.45, 7) is 8.78. The predicted molar refractivity (Wildman–Crippen MR) is 135 cm³/mol. The number of nitrogen functional groups attached to an aromatic ring is 1. The second-order valence-corrected chi connectivity index (χ2v) is 8.99. The Morgan fingerprint density at radius 1 is 1.33 bits per heavy atom. The molecule has 1 fully saturated rings. The maximum Gasteiger partial charge on any atom is 0.166 e. The summed E-state index contributed by atoms with van der Waals surface area (Å²) < 4.78 is 5.98. The van der Waals surface area contributed by atoms with Crippen LogP contribution >= 0.6 is 0 Å². The first kappa shape index (κ1) is 24.5. The molecule has 4 N–H and O–H groups in total. The highest BCUT2D eigenvalue weighted by atomic mass is 16.5. The van der Waals surface area contributed by atoms with Gasteiger partial charge in [-0.2, -0.15) is 0 Å². The molecule has 1 saturated heterocycles. The fourth-order valence-electron chi connectivity index (χ4n) is 3.48. The number of nitrogens with zero attached hydrogens (tertiary/aromatic N) is 2. The second-order valence-electron chi connectivity index (χ2n) is 8.99. The van der Waals surface area contributed by atoms with Crippen LogP contribution in [0.2, 0.25) is 0 Å². The number of hydrogen-bond acceptors (Lipinski definition) is 6. The van der Waals surface area contributed by atoms with Crippen LogP contribution in [0.25, 0.3) is 5.57 Å². The van der Waals surface area contributed by atoms with Crippen molar-refractivity contribution in [3.05, 3.63) is 59.4 Å². The Balaban J connectivity index is 1.69. The molecule has 6 heteroatoms. The summed E-state index contributed by atoms with van der Waals surface area (Å²) in [7, 11) is 0. The third-order valence-electron chi connectivity index (χ3n) is 5.45. The van der Waals surface area contributed by atoms with Crippen LogP contribution in [0, 0.1) is 11.8 Å². The first-order chi connectivity index (χ1) is 15.7. The molecule has 1 unspecified atom stereocenters. The number of allylic oxidation sites excluding steroid dienone is 1. The summed E-state index contributed by atoms with van der Waals surface area (Å²) >= 11 is 0. The highest BCUT2D eigenvalue weighted by Gasteiger charge is 2.14. The number of hydrogen-bond donors (Lipinski definition) is 3. The van der Waals surface area contributed by atoms with Gasteiger partial charge >= 0.3 is 0 Å². The fraction of sp³-hybridized carbons (Fsp3) is 0.407. The first-order valence-electron chi connectivity index (χ1n) is 11.4. The molecular formula is C27H34N4O2. The molecule has 3 rings (SSSR count). The highest BCUT2D eigenvalue weighted by molar-refractivity contribution is 5.88. The topological polar surface area (TPSA) is 92.8 Å². The molecule has 1 aliphatic heterocycles. The third-order valence-corrected chi connectivity index (χ3v) is 5.45. The van der Waals surface area contributed by atoms with Crippen molar-refractivity contribution in [2.45, 2.75) is 65.2 Å². The Morgan fingerprint density at radius 2 is 2.15 bits per heavy atom. The van der Waals surface area contributed by atoms with E-state index in [2.05, 4.69) is 34.1 Å². The number of anilines is 1. The summed E-state index contributed by atoms with van der Waals surface area (Å²) in [5.41, 5.74) is 9.80. The summed E-state index contributed by atoms with van der Waals surface area (Å²) in [5, 5.41) is 13.3. The van der Waals surface area contributed by atoms with Gasteiger partial charge in [0, 0.05) is 35.3 Å². The number of nitrogens with one attached hydrogen (secondary N) is 1. The van der Waals surface area contributed by atoms with E-state index in [9.17, 15) is 5.11 Å². The zero-order chi connectivity index (χ0) is 23.8. The largest absolute Gasteiger partial charge is 0.485 e. The molecule has 0 radical (unpaired) electrons. The van der Waals surface area contributed by atoms with Crippen LogP contribution in [0.5, 0.6) is 5.75 Å². The van der Waals surface area contributed by atoms with Crippen molar-refractivity contribution in [1.29, 1.82) is 0 Å². The molecular weight excluding hydrogens is 412 g/mol. The van der Waals surface area contributed by atoms with Crippen molar-refractivity contribution in [2.24, 2.45) is 4.99 Å². The average molecular weight is 447 g/mol. The van der Waals surface area contributed by atoms with Crippen LogP contribution in [0.4, 0.5) is 5.82 Å². The Bertz CT molecular complexity index is 1080. The summed E-state index contributed by atoms with van der Waals surface area (Å²) in [6, 6.07) is 9.97. The van der Waals surface area contributed by atoms with Gasteiger partial charge in [-0.1, -0.05) is 30.4 Å². The van der Waals surface area contributed by atoms with Gasteiger partial charge in [-0.05, 0) is 76.4 Å². The van der Waals surface area contributed by atoms with Gasteiger partial charge in [-0.15, -0.1) is 0 Å². The van der Waals surface area contributed by atoms with Crippen LogP contribution in [0.1, 0.15) is 63.6 Å². The van der Waals surface area contributed by atoms with Gasteiger partial charge in [0.15, 0.2) is 11.6 Å². The number of ether oxygens (including phenoxy) is 1. The molecule has 1 aliphatic rings. The third kappa shape index (κ3) is 7.74. The Hall–Kier alpha value is -3.14. The van der Waals surface area contributed by atoms with Gasteiger partial charge in [-0.3, -0.25) is 4.99 Å². The number of aliphatic hydroxyl groups is 1. The number of nitrogens with two attached hydrogens (primary N) is 1. The lowest BCUT2D eigenvalue weighted by atomic mass is 10.0. The van der Waals surface area contributed by atoms with E-state index in [0.717, 1.165) is 40.9 Å². The monoisotopic (exact) mass is 446 g/mol. The highest BCUT2D eigenvalue weighted by Crippen LogP contribution is 2.25. The maximum atomic E-state index is 9.80. The standard InChI is InChI=1S/C27H34N4O2/c1-19(16-30-20(2)24-10-5-6-13-29-24)23-15-25(26(28)31-17-23)33-18-22-9-7-8-21(14-22)11-12-27(3,4)32/h7-9,14-17,24,29,32H,5-6,10,13,18H2,1-4H3,(H2,28,31)/b19-16+,30-20+. The van der Waals surface area contributed by atoms with Crippen molar-refractivity contribution in [1.82, 2.24) is 10.3 Å². The van der Waals surface area contributed by atoms with Gasteiger partial charge in [0.25, 0.3) is 0 Å². The van der Waals surface area contributed by atoms with Crippen molar-refractivity contribution in [3.8, 4) is 17.6 Å². The molecule has 0 bridgehead atoms. The molecule has 33 heavy (non-hydrogen) atoms. The number of aromatic nitrogens is 1. The smallest absolute Gasteiger partial charge is 0.166 e. The van der Waals surface area contributed by atoms with E-state index in [1.54, 1.807) is 20.0 Å². The normalized spacial score (nSPS) is 17.3. The van der Waals surface area contributed by atoms with Crippen molar-refractivity contribution >= 4 is 17.1 Å². The summed E-state index contributed by atoms with van der Waals surface area (Å²) in [6.07, 6.45) is 7.23. The van der Waals surface area contributed by atoms with Crippen molar-refractivity contribution < 1.29 is 9.84 Å². The lowest BCUT2D eigenvalue weighted by Crippen LogP contribution is -2.39. The quantitative estimate of drug-likeness (QED) is 0.454. The number of benzene rings is 1. The number of aliphatic imine (C=N–C) groups is 1. The van der Waals surface area contributed by atoms with E-state index in [1.165, 1.54) is 12.8 Å². The minimum absolute atomic E-state index is 0.334. The molecule has 2 heterocycles. The molecule has 6 nitrogen and oxygen atoms in total. The maximum absolute atomic E-state index is 9.80. The lowest BCUT2D eigenvalue weighted by molar-refractivity contribution is 0.143. The molecule has 1 aromatic heterocycles. The molecule has 0 amide bonds. The first-order valence-corrected chi connectivity index (χ1v) is 11.4. The van der Waals surface area contributed by atoms with Gasteiger partial charge in [-0.25, -0.2) is 4.98 Å². The SMILES string of the molecule is C/C(=C\N=C(/C)C1CCCCN1)c1cnc(N)c(OCc2cccc(C#CC(C)(C)O)c2)c1. The van der Waals surface area contributed by atoms with Crippen LogP contribution in [0.15, 0.2) is 47.7 Å². The van der Waals surface area contributed by atoms with Gasteiger partial charge in [0.05, 0.1) is 0 Å². The molecule has 174 valence electrons. The van der Waals surface area contributed by atoms with E-state index in [4.69, 9.17) is 10.5 Å². The zero-order valence-electron chi connectivity index (χ0n) is 20.0. The van der Waals surface area contributed by atoms with Gasteiger partial charge < -0.3 is 20.9 Å². The zero-order valence-corrected chi connectivity index (χ0v) is 20.0. The van der Waals surface area contributed by atoms with E-state index in [-0.39, 0.29) is 0 Å². The Kier molecular flexibility index (Phi) is 8.26. The van der Waals surface area contributed by atoms with Crippen LogP contribution < -0.4 is 15.8 Å². The van der Waals surface area contributed by atoms with E-state index >= 15 is 0 Å². The molecule has 0 spiro atoms. The number of rotatable bonds is 6.